The van der Waals surface area contributed by atoms with E-state index in [1.54, 1.807) is 0 Å². The summed E-state index contributed by atoms with van der Waals surface area (Å²) in [6, 6.07) is 2.18. The number of hydrogen-bond acceptors (Lipinski definition) is 12. The van der Waals surface area contributed by atoms with Gasteiger partial charge in [0.1, 0.15) is 18.3 Å². The van der Waals surface area contributed by atoms with Gasteiger partial charge in [0.05, 0.1) is 24.5 Å². The minimum Gasteiger partial charge on any atom is -0.504 e. The van der Waals surface area contributed by atoms with Crippen molar-refractivity contribution in [1.82, 2.24) is 0 Å². The molecule has 1 saturated heterocycles. The molecule has 2 aromatic carbocycles. The van der Waals surface area contributed by atoms with Crippen molar-refractivity contribution in [3.63, 3.8) is 0 Å². The predicted octanol–water partition coefficient (Wildman–Crippen LogP) is -0.272. The number of rotatable bonds is 4. The molecule has 32 heavy (non-hydrogen) atoms. The first kappa shape index (κ1) is 20.3. The number of aliphatic hydroxyl groups is 3. The molecule has 0 unspecified atom stereocenters. The van der Waals surface area contributed by atoms with Crippen LogP contribution in [-0.2, 0) is 4.74 Å². The van der Waals surface area contributed by atoms with Gasteiger partial charge in [0.15, 0.2) is 22.7 Å². The lowest BCUT2D eigenvalue weighted by atomic mass is 10.0. The molecule has 0 spiro atoms. The molecule has 4 aromatic rings. The topological polar surface area (TPSA) is 189 Å². The van der Waals surface area contributed by atoms with Crippen LogP contribution < -0.4 is 20.7 Å². The smallest absolute Gasteiger partial charge is 0.344 e. The van der Waals surface area contributed by atoms with Crippen LogP contribution in [0.15, 0.2) is 30.6 Å². The van der Waals surface area contributed by atoms with Crippen molar-refractivity contribution < 1.29 is 48.6 Å². The van der Waals surface area contributed by atoms with Crippen LogP contribution in [-0.4, -0.2) is 63.9 Å². The summed E-state index contributed by atoms with van der Waals surface area (Å²) in [6.45, 7) is -0.600. The third kappa shape index (κ3) is 2.64. The van der Waals surface area contributed by atoms with Crippen LogP contribution >= 0.6 is 0 Å². The number of phenols is 2. The Morgan fingerprint density at radius 2 is 1.59 bits per heavy atom. The molecule has 0 amide bonds. The molecule has 168 valence electrons. The fourth-order valence-electron chi connectivity index (χ4n) is 3.94. The molecule has 5 N–H and O–H groups in total. The fraction of sp³-hybridized carbons (Fsp3) is 0.300. The largest absolute Gasteiger partial charge is 0.504 e. The second-order valence-corrected chi connectivity index (χ2v) is 7.26. The van der Waals surface area contributed by atoms with Crippen molar-refractivity contribution in [3.8, 4) is 23.0 Å². The molecule has 0 radical (unpaired) electrons. The third-order valence-electron chi connectivity index (χ3n) is 5.46. The van der Waals surface area contributed by atoms with Gasteiger partial charge in [-0.05, 0) is 12.1 Å². The molecule has 4 atom stereocenters. The molecule has 5 rings (SSSR count). The second-order valence-electron chi connectivity index (χ2n) is 7.26. The van der Waals surface area contributed by atoms with Crippen LogP contribution in [0.2, 0.25) is 0 Å². The van der Waals surface area contributed by atoms with Crippen molar-refractivity contribution in [2.24, 2.45) is 0 Å². The van der Waals surface area contributed by atoms with Crippen molar-refractivity contribution in [2.45, 2.75) is 24.6 Å². The van der Waals surface area contributed by atoms with Gasteiger partial charge in [-0.1, -0.05) is 0 Å². The summed E-state index contributed by atoms with van der Waals surface area (Å²) in [5.74, 6) is -1.73. The summed E-state index contributed by atoms with van der Waals surface area (Å²) in [5, 5.41) is 49.9. The van der Waals surface area contributed by atoms with E-state index in [1.807, 2.05) is 0 Å². The number of aromatic hydroxyl groups is 2. The Kier molecular flexibility index (Phi) is 4.43. The first-order valence-corrected chi connectivity index (χ1v) is 9.34. The molecular weight excluding hydrogens is 432 g/mol. The summed E-state index contributed by atoms with van der Waals surface area (Å²) in [5.41, 5.74) is -2.50. The van der Waals surface area contributed by atoms with Crippen LogP contribution in [0.3, 0.4) is 0 Å². The molecule has 3 heterocycles. The lowest BCUT2D eigenvalue weighted by molar-refractivity contribution is -0.117. The summed E-state index contributed by atoms with van der Waals surface area (Å²) in [6.07, 6.45) is -5.67. The van der Waals surface area contributed by atoms with Crippen molar-refractivity contribution >= 4 is 32.7 Å². The molecule has 0 saturated carbocycles. The Morgan fingerprint density at radius 3 is 2.22 bits per heavy atom. The highest BCUT2D eigenvalue weighted by molar-refractivity contribution is 6.22. The molecule has 0 bridgehead atoms. The summed E-state index contributed by atoms with van der Waals surface area (Å²) in [4.78, 5) is 25.3. The first-order valence-electron chi connectivity index (χ1n) is 9.34. The van der Waals surface area contributed by atoms with Gasteiger partial charge in [-0.3, -0.25) is 0 Å². The van der Waals surface area contributed by atoms with E-state index in [0.717, 1.165) is 12.1 Å². The summed E-state index contributed by atoms with van der Waals surface area (Å²) < 4.78 is 26.2. The van der Waals surface area contributed by atoms with Crippen LogP contribution in [0.5, 0.6) is 23.0 Å². The van der Waals surface area contributed by atoms with E-state index in [4.69, 9.17) is 23.0 Å². The molecule has 12 heteroatoms. The van der Waals surface area contributed by atoms with Gasteiger partial charge in [0.25, 0.3) is 0 Å². The van der Waals surface area contributed by atoms with E-state index >= 15 is 0 Å². The zero-order chi connectivity index (χ0) is 22.9. The number of aliphatic hydroxyl groups excluding tert-OH is 3. The average molecular weight is 448 g/mol. The minimum atomic E-state index is -1.58. The van der Waals surface area contributed by atoms with Gasteiger partial charge < -0.3 is 48.6 Å². The molecule has 12 nitrogen and oxygen atoms in total. The standard InChI is InChI=1S/C20H16O12/c1-28-15-7(22)2-5-11-10-6(19(27)32-17(11)15)3-8(13(24)16(10)31-18(5)26)29-20-14(25)12(23)9(4-21)30-20/h2-3,9,12,14,20-25H,4H2,1H3/t9-,12-,14-,20-/m1/s1. The van der Waals surface area contributed by atoms with Crippen LogP contribution in [0.4, 0.5) is 0 Å². The number of phenolic OH excluding ortho intramolecular Hbond substituents is 2. The zero-order valence-electron chi connectivity index (χ0n) is 16.3. The minimum absolute atomic E-state index is 0.0233. The van der Waals surface area contributed by atoms with Crippen LogP contribution in [0.1, 0.15) is 0 Å². The van der Waals surface area contributed by atoms with E-state index in [9.17, 15) is 35.1 Å². The predicted molar refractivity (Wildman–Crippen MR) is 105 cm³/mol. The van der Waals surface area contributed by atoms with Crippen molar-refractivity contribution in [3.05, 3.63) is 33.0 Å². The molecule has 1 aliphatic heterocycles. The Balaban J connectivity index is 1.79. The summed E-state index contributed by atoms with van der Waals surface area (Å²) >= 11 is 0. The zero-order valence-corrected chi connectivity index (χ0v) is 16.3. The Hall–Kier alpha value is -3.58. The Bertz CT molecular complexity index is 1470. The molecule has 2 aromatic heterocycles. The van der Waals surface area contributed by atoms with Crippen LogP contribution in [0.25, 0.3) is 32.7 Å². The molecule has 1 fully saturated rings. The maximum Gasteiger partial charge on any atom is 0.344 e. The number of methoxy groups -OCH3 is 1. The molecule has 0 aliphatic carbocycles. The number of hydrogen-bond donors (Lipinski definition) is 5. The van der Waals surface area contributed by atoms with E-state index < -0.39 is 65.3 Å². The van der Waals surface area contributed by atoms with E-state index in [1.165, 1.54) is 7.11 Å². The van der Waals surface area contributed by atoms with Gasteiger partial charge in [0, 0.05) is 10.8 Å². The number of ether oxygens (including phenoxy) is 3. The highest BCUT2D eigenvalue weighted by atomic mass is 16.7. The van der Waals surface area contributed by atoms with Crippen LogP contribution in [0, 0.1) is 0 Å². The van der Waals surface area contributed by atoms with E-state index in [0.29, 0.717) is 0 Å². The third-order valence-corrected chi connectivity index (χ3v) is 5.46. The van der Waals surface area contributed by atoms with Gasteiger partial charge >= 0.3 is 11.3 Å². The first-order chi connectivity index (χ1) is 15.3. The monoisotopic (exact) mass is 448 g/mol. The fourth-order valence-corrected chi connectivity index (χ4v) is 3.94. The lowest BCUT2D eigenvalue weighted by Crippen LogP contribution is -2.35. The number of benzene rings is 2. The quantitative estimate of drug-likeness (QED) is 0.203. The second kappa shape index (κ2) is 6.97. The normalized spacial score (nSPS) is 23.5. The Morgan fingerprint density at radius 1 is 0.969 bits per heavy atom. The van der Waals surface area contributed by atoms with Gasteiger partial charge in [-0.2, -0.15) is 0 Å². The maximum atomic E-state index is 12.7. The Labute approximate surface area is 176 Å². The van der Waals surface area contributed by atoms with E-state index in [-0.39, 0.29) is 32.9 Å². The van der Waals surface area contributed by atoms with Gasteiger partial charge in [-0.25, -0.2) is 9.59 Å². The van der Waals surface area contributed by atoms with Gasteiger partial charge in [-0.15, -0.1) is 0 Å². The van der Waals surface area contributed by atoms with Crippen molar-refractivity contribution in [1.29, 1.82) is 0 Å². The highest BCUT2D eigenvalue weighted by Crippen LogP contribution is 2.45. The average Bonchev–Trinajstić information content (AvgIpc) is 3.03. The summed E-state index contributed by atoms with van der Waals surface area (Å²) in [7, 11) is 1.23. The lowest BCUT2D eigenvalue weighted by Gasteiger charge is -2.19. The maximum absolute atomic E-state index is 12.7. The van der Waals surface area contributed by atoms with E-state index in [2.05, 4.69) is 0 Å². The molecular formula is C20H16O12. The van der Waals surface area contributed by atoms with Crippen molar-refractivity contribution in [2.75, 3.05) is 13.7 Å². The molecule has 1 aliphatic rings. The highest BCUT2D eigenvalue weighted by Gasteiger charge is 2.44. The van der Waals surface area contributed by atoms with Gasteiger partial charge in [0.2, 0.25) is 17.8 Å². The SMILES string of the molecule is COc1c(O)cc2c(=O)oc3c(O)c(O[C@@H]4O[C@H](CO)[C@@H](O)[C@H]4O)cc4c(=O)oc1c2c34.